The van der Waals surface area contributed by atoms with Crippen molar-refractivity contribution in [3.05, 3.63) is 29.8 Å². The molecule has 0 aromatic heterocycles. The molecule has 1 unspecified atom stereocenters. The van der Waals surface area contributed by atoms with E-state index in [-0.39, 0.29) is 0 Å². The Bertz CT molecular complexity index is 258. The first-order valence-electron chi connectivity index (χ1n) is 4.36. The van der Waals surface area contributed by atoms with Crippen LogP contribution in [0.2, 0.25) is 5.54 Å². The molecule has 0 amide bonds. The van der Waals surface area contributed by atoms with Gasteiger partial charge in [-0.1, -0.05) is 38.1 Å². The van der Waals surface area contributed by atoms with Crippen molar-refractivity contribution >= 4 is 14.2 Å². The van der Waals surface area contributed by atoms with Crippen molar-refractivity contribution in [1.29, 1.82) is 0 Å². The zero-order valence-corrected chi connectivity index (χ0v) is 9.07. The molecule has 0 spiro atoms. The van der Waals surface area contributed by atoms with Gasteiger partial charge in [-0.05, 0) is 23.2 Å². The highest BCUT2D eigenvalue weighted by Gasteiger charge is 2.15. The average Bonchev–Trinajstić information content (AvgIpc) is 2.04. The lowest BCUT2D eigenvalue weighted by molar-refractivity contribution is 0.569. The molecule has 0 saturated heterocycles. The SMILES string of the molecule is Cc1ccccc1[SiH](O)C(C)C. The Balaban J connectivity index is 2.94. The molecule has 0 bridgehead atoms. The molecular weight excluding hydrogens is 164 g/mol. The second kappa shape index (κ2) is 3.87. The van der Waals surface area contributed by atoms with Crippen LogP contribution in [-0.4, -0.2) is 13.8 Å². The lowest BCUT2D eigenvalue weighted by Gasteiger charge is -2.14. The van der Waals surface area contributed by atoms with Gasteiger partial charge >= 0.3 is 0 Å². The molecule has 66 valence electrons. The van der Waals surface area contributed by atoms with Gasteiger partial charge in [0.1, 0.15) is 0 Å². The third-order valence-electron chi connectivity index (χ3n) is 2.14. The van der Waals surface area contributed by atoms with Gasteiger partial charge in [0.05, 0.1) is 0 Å². The van der Waals surface area contributed by atoms with E-state index in [9.17, 15) is 4.80 Å². The van der Waals surface area contributed by atoms with E-state index in [0.29, 0.717) is 5.54 Å². The summed E-state index contributed by atoms with van der Waals surface area (Å²) in [6.45, 7) is 6.24. The number of benzene rings is 1. The fourth-order valence-electron chi connectivity index (χ4n) is 1.28. The molecule has 1 rings (SSSR count). The van der Waals surface area contributed by atoms with E-state index in [1.165, 1.54) is 10.8 Å². The first-order chi connectivity index (χ1) is 5.63. The Kier molecular flexibility index (Phi) is 3.06. The second-order valence-electron chi connectivity index (χ2n) is 3.55. The maximum atomic E-state index is 9.92. The topological polar surface area (TPSA) is 20.2 Å². The smallest absolute Gasteiger partial charge is 0.206 e. The van der Waals surface area contributed by atoms with Gasteiger partial charge in [-0.2, -0.15) is 0 Å². The van der Waals surface area contributed by atoms with Crippen LogP contribution in [0.1, 0.15) is 19.4 Å². The Labute approximate surface area is 75.8 Å². The largest absolute Gasteiger partial charge is 0.430 e. The average molecular weight is 180 g/mol. The molecule has 1 atom stereocenters. The van der Waals surface area contributed by atoms with Crippen molar-refractivity contribution in [3.8, 4) is 0 Å². The molecule has 0 radical (unpaired) electrons. The summed E-state index contributed by atoms with van der Waals surface area (Å²) < 4.78 is 0. The van der Waals surface area contributed by atoms with Gasteiger partial charge < -0.3 is 4.80 Å². The van der Waals surface area contributed by atoms with Crippen molar-refractivity contribution in [2.45, 2.75) is 26.3 Å². The zero-order valence-electron chi connectivity index (χ0n) is 7.91. The van der Waals surface area contributed by atoms with Gasteiger partial charge in [0.25, 0.3) is 0 Å². The van der Waals surface area contributed by atoms with Crippen molar-refractivity contribution in [3.63, 3.8) is 0 Å². The third kappa shape index (κ3) is 1.96. The van der Waals surface area contributed by atoms with Crippen LogP contribution in [0, 0.1) is 6.92 Å². The van der Waals surface area contributed by atoms with Crippen molar-refractivity contribution < 1.29 is 4.80 Å². The van der Waals surface area contributed by atoms with Crippen LogP contribution in [-0.2, 0) is 0 Å². The van der Waals surface area contributed by atoms with Crippen LogP contribution >= 0.6 is 0 Å². The van der Waals surface area contributed by atoms with E-state index in [4.69, 9.17) is 0 Å². The summed E-state index contributed by atoms with van der Waals surface area (Å²) in [5.74, 6) is 0. The highest BCUT2D eigenvalue weighted by molar-refractivity contribution is 6.67. The molecule has 0 heterocycles. The van der Waals surface area contributed by atoms with E-state index >= 15 is 0 Å². The molecule has 1 aromatic rings. The highest BCUT2D eigenvalue weighted by atomic mass is 28.3. The van der Waals surface area contributed by atoms with Gasteiger partial charge in [-0.25, -0.2) is 0 Å². The van der Waals surface area contributed by atoms with Crippen LogP contribution in [0.3, 0.4) is 0 Å². The van der Waals surface area contributed by atoms with Crippen LogP contribution in [0.25, 0.3) is 0 Å². The van der Waals surface area contributed by atoms with E-state index in [2.05, 4.69) is 26.8 Å². The van der Waals surface area contributed by atoms with Gasteiger partial charge in [0.15, 0.2) is 0 Å². The predicted molar refractivity (Wildman–Crippen MR) is 55.3 cm³/mol. The molecule has 0 aliphatic carbocycles. The summed E-state index contributed by atoms with van der Waals surface area (Å²) in [5.41, 5.74) is 1.65. The molecule has 12 heavy (non-hydrogen) atoms. The summed E-state index contributed by atoms with van der Waals surface area (Å²) in [4.78, 5) is 9.92. The molecule has 0 aliphatic heterocycles. The highest BCUT2D eigenvalue weighted by Crippen LogP contribution is 2.06. The zero-order chi connectivity index (χ0) is 9.14. The van der Waals surface area contributed by atoms with Gasteiger partial charge in [0.2, 0.25) is 9.04 Å². The quantitative estimate of drug-likeness (QED) is 0.681. The number of aryl methyl sites for hydroxylation is 1. The van der Waals surface area contributed by atoms with Gasteiger partial charge in [0, 0.05) is 0 Å². The predicted octanol–water partition coefficient (Wildman–Crippen LogP) is 1.33. The molecular formula is C10H16OSi. The van der Waals surface area contributed by atoms with Crippen molar-refractivity contribution in [1.82, 2.24) is 0 Å². The fraction of sp³-hybridized carbons (Fsp3) is 0.400. The maximum Gasteiger partial charge on any atom is 0.206 e. The molecule has 0 aliphatic rings. The van der Waals surface area contributed by atoms with E-state index in [1.807, 2.05) is 18.2 Å². The summed E-state index contributed by atoms with van der Waals surface area (Å²) >= 11 is 0. The first-order valence-corrected chi connectivity index (χ1v) is 6.12. The van der Waals surface area contributed by atoms with Crippen molar-refractivity contribution in [2.75, 3.05) is 0 Å². The second-order valence-corrected chi connectivity index (χ2v) is 6.39. The molecule has 1 nitrogen and oxygen atoms in total. The fourth-order valence-corrected chi connectivity index (χ4v) is 2.87. The number of rotatable bonds is 2. The minimum absolute atomic E-state index is 0.422. The lowest BCUT2D eigenvalue weighted by Crippen LogP contribution is -2.34. The van der Waals surface area contributed by atoms with Crippen LogP contribution in [0.15, 0.2) is 24.3 Å². The Morgan fingerprint density at radius 3 is 2.33 bits per heavy atom. The van der Waals surface area contributed by atoms with E-state index < -0.39 is 9.04 Å². The molecule has 0 fully saturated rings. The van der Waals surface area contributed by atoms with E-state index in [0.717, 1.165) is 0 Å². The molecule has 1 N–H and O–H groups in total. The Morgan fingerprint density at radius 2 is 1.83 bits per heavy atom. The maximum absolute atomic E-state index is 9.92. The monoisotopic (exact) mass is 180 g/mol. The first kappa shape index (κ1) is 9.48. The van der Waals surface area contributed by atoms with E-state index in [1.54, 1.807) is 0 Å². The molecule has 1 aromatic carbocycles. The van der Waals surface area contributed by atoms with Crippen LogP contribution < -0.4 is 5.19 Å². The summed E-state index contributed by atoms with van der Waals surface area (Å²) in [7, 11) is -1.67. The van der Waals surface area contributed by atoms with Crippen LogP contribution in [0.4, 0.5) is 0 Å². The van der Waals surface area contributed by atoms with Gasteiger partial charge in [-0.3, -0.25) is 0 Å². The Morgan fingerprint density at radius 1 is 1.25 bits per heavy atom. The van der Waals surface area contributed by atoms with Gasteiger partial charge in [-0.15, -0.1) is 0 Å². The molecule has 0 saturated carbocycles. The summed E-state index contributed by atoms with van der Waals surface area (Å²) in [5, 5.41) is 1.19. The normalized spacial score (nSPS) is 13.4. The summed E-state index contributed by atoms with van der Waals surface area (Å²) in [6.07, 6.45) is 0. The number of hydrogen-bond acceptors (Lipinski definition) is 1. The van der Waals surface area contributed by atoms with Crippen molar-refractivity contribution in [2.24, 2.45) is 0 Å². The lowest BCUT2D eigenvalue weighted by atomic mass is 10.2. The summed E-state index contributed by atoms with van der Waals surface area (Å²) in [6, 6.07) is 8.13. The standard InChI is InChI=1S/C10H16OSi/c1-8(2)12(11)10-7-5-4-6-9(10)3/h4-8,11-12H,1-3H3. The third-order valence-corrected chi connectivity index (χ3v) is 4.69. The minimum atomic E-state index is -1.67. The molecule has 2 heteroatoms. The number of hydrogen-bond donors (Lipinski definition) is 1. The minimum Gasteiger partial charge on any atom is -0.430 e. The Hall–Kier alpha value is -0.603. The van der Waals surface area contributed by atoms with Crippen LogP contribution in [0.5, 0.6) is 0 Å².